The molecule has 1 aliphatic heterocycles. The van der Waals surface area contributed by atoms with Gasteiger partial charge in [-0.1, -0.05) is 18.2 Å². The summed E-state index contributed by atoms with van der Waals surface area (Å²) in [7, 11) is 0. The van der Waals surface area contributed by atoms with Crippen molar-refractivity contribution in [3.8, 4) is 6.07 Å². The standard InChI is InChI=1S/C22H25N3O4/c1-3-28-21(26)14-25-15(2)19(18-8-4-5-9-20(18)25)11-16(12-23)22(27)24-13-17-7-6-10-29-17/h4-5,8-9,11,17H,3,6-7,10,13-14H2,1-2H3,(H,24,27). The Balaban J connectivity index is 1.90. The predicted molar refractivity (Wildman–Crippen MR) is 109 cm³/mol. The maximum Gasteiger partial charge on any atom is 0.325 e. The SMILES string of the molecule is CCOC(=O)Cn1c(C)c(C=C(C#N)C(=O)NCC2CCCO2)c2ccccc21. The Kier molecular flexibility index (Phi) is 6.68. The summed E-state index contributed by atoms with van der Waals surface area (Å²) >= 11 is 0. The van der Waals surface area contributed by atoms with Crippen molar-refractivity contribution in [2.24, 2.45) is 0 Å². The number of para-hydroxylation sites is 1. The fraction of sp³-hybridized carbons (Fsp3) is 0.409. The molecule has 1 saturated heterocycles. The van der Waals surface area contributed by atoms with E-state index in [0.717, 1.165) is 35.0 Å². The zero-order valence-corrected chi connectivity index (χ0v) is 16.7. The molecule has 1 N–H and O–H groups in total. The van der Waals surface area contributed by atoms with Crippen LogP contribution in [0.15, 0.2) is 29.8 Å². The number of hydrogen-bond acceptors (Lipinski definition) is 5. The lowest BCUT2D eigenvalue weighted by molar-refractivity contribution is -0.143. The third kappa shape index (κ3) is 4.66. The zero-order valence-electron chi connectivity index (χ0n) is 16.7. The quantitative estimate of drug-likeness (QED) is 0.442. The maximum absolute atomic E-state index is 12.5. The second-order valence-corrected chi connectivity index (χ2v) is 6.92. The number of rotatable bonds is 7. The van der Waals surface area contributed by atoms with Crippen LogP contribution in [0.4, 0.5) is 0 Å². The number of carbonyl (C=O) groups excluding carboxylic acids is 2. The Morgan fingerprint density at radius 1 is 1.41 bits per heavy atom. The monoisotopic (exact) mass is 395 g/mol. The van der Waals surface area contributed by atoms with Crippen molar-refractivity contribution in [1.82, 2.24) is 9.88 Å². The molecule has 7 nitrogen and oxygen atoms in total. The first-order chi connectivity index (χ1) is 14.0. The van der Waals surface area contributed by atoms with Gasteiger partial charge in [0.25, 0.3) is 5.91 Å². The average Bonchev–Trinajstić information content (AvgIpc) is 3.32. The van der Waals surface area contributed by atoms with Crippen LogP contribution in [-0.2, 0) is 25.6 Å². The molecule has 0 spiro atoms. The summed E-state index contributed by atoms with van der Waals surface area (Å²) in [6.45, 7) is 5.11. The number of nitrogens with zero attached hydrogens (tertiary/aromatic N) is 2. The molecule has 3 rings (SSSR count). The van der Waals surface area contributed by atoms with Crippen LogP contribution in [0.1, 0.15) is 31.0 Å². The van der Waals surface area contributed by atoms with Crippen LogP contribution in [0.3, 0.4) is 0 Å². The Morgan fingerprint density at radius 3 is 2.90 bits per heavy atom. The summed E-state index contributed by atoms with van der Waals surface area (Å²) in [5.41, 5.74) is 2.40. The topological polar surface area (TPSA) is 93.4 Å². The van der Waals surface area contributed by atoms with Crippen molar-refractivity contribution in [2.45, 2.75) is 39.3 Å². The summed E-state index contributed by atoms with van der Waals surface area (Å²) in [5, 5.41) is 13.2. The van der Waals surface area contributed by atoms with E-state index in [1.54, 1.807) is 13.0 Å². The summed E-state index contributed by atoms with van der Waals surface area (Å²) in [6.07, 6.45) is 3.49. The van der Waals surface area contributed by atoms with Crippen LogP contribution < -0.4 is 5.32 Å². The van der Waals surface area contributed by atoms with Crippen LogP contribution >= 0.6 is 0 Å². The number of esters is 1. The molecule has 1 aliphatic rings. The van der Waals surface area contributed by atoms with Gasteiger partial charge in [-0.25, -0.2) is 0 Å². The first-order valence-corrected chi connectivity index (χ1v) is 9.80. The number of nitrogens with one attached hydrogen (secondary N) is 1. The van der Waals surface area contributed by atoms with Crippen molar-refractivity contribution < 1.29 is 19.1 Å². The van der Waals surface area contributed by atoms with Crippen molar-refractivity contribution in [2.75, 3.05) is 19.8 Å². The van der Waals surface area contributed by atoms with Crippen LogP contribution in [0, 0.1) is 18.3 Å². The van der Waals surface area contributed by atoms with E-state index in [-0.39, 0.29) is 24.2 Å². The first kappa shape index (κ1) is 20.6. The molecule has 1 fully saturated rings. The second-order valence-electron chi connectivity index (χ2n) is 6.92. The number of hydrogen-bond donors (Lipinski definition) is 1. The van der Waals surface area contributed by atoms with E-state index in [0.29, 0.717) is 19.8 Å². The fourth-order valence-electron chi connectivity index (χ4n) is 3.58. The largest absolute Gasteiger partial charge is 0.465 e. The van der Waals surface area contributed by atoms with Crippen LogP contribution in [0.5, 0.6) is 0 Å². The summed E-state index contributed by atoms with van der Waals surface area (Å²) in [6, 6.07) is 9.58. The summed E-state index contributed by atoms with van der Waals surface area (Å²) < 4.78 is 12.4. The van der Waals surface area contributed by atoms with E-state index in [1.165, 1.54) is 0 Å². The average molecular weight is 395 g/mol. The van der Waals surface area contributed by atoms with Crippen molar-refractivity contribution in [3.63, 3.8) is 0 Å². The normalized spacial score (nSPS) is 16.6. The predicted octanol–water partition coefficient (Wildman–Crippen LogP) is 2.72. The lowest BCUT2D eigenvalue weighted by Crippen LogP contribution is -2.32. The number of amides is 1. The molecule has 152 valence electrons. The minimum atomic E-state index is -0.426. The molecular formula is C22H25N3O4. The fourth-order valence-corrected chi connectivity index (χ4v) is 3.58. The van der Waals surface area contributed by atoms with Gasteiger partial charge in [0.05, 0.1) is 12.7 Å². The number of nitriles is 1. The van der Waals surface area contributed by atoms with Gasteiger partial charge in [0, 0.05) is 35.3 Å². The summed E-state index contributed by atoms with van der Waals surface area (Å²) in [4.78, 5) is 24.5. The third-order valence-electron chi connectivity index (χ3n) is 5.04. The Hall–Kier alpha value is -3.11. The molecule has 0 saturated carbocycles. The van der Waals surface area contributed by atoms with Crippen molar-refractivity contribution in [1.29, 1.82) is 5.26 Å². The molecule has 0 radical (unpaired) electrons. The Morgan fingerprint density at radius 2 is 2.21 bits per heavy atom. The first-order valence-electron chi connectivity index (χ1n) is 9.80. The van der Waals surface area contributed by atoms with Gasteiger partial charge in [0.1, 0.15) is 18.2 Å². The molecule has 1 atom stereocenters. The van der Waals surface area contributed by atoms with Crippen LogP contribution in [-0.4, -0.2) is 42.3 Å². The van der Waals surface area contributed by atoms with Crippen molar-refractivity contribution >= 4 is 28.9 Å². The van der Waals surface area contributed by atoms with E-state index < -0.39 is 5.91 Å². The van der Waals surface area contributed by atoms with E-state index in [9.17, 15) is 14.9 Å². The van der Waals surface area contributed by atoms with E-state index in [2.05, 4.69) is 5.32 Å². The minimum absolute atomic E-state index is 0.00659. The molecule has 7 heteroatoms. The number of ether oxygens (including phenoxy) is 2. The lowest BCUT2D eigenvalue weighted by atomic mass is 10.1. The third-order valence-corrected chi connectivity index (χ3v) is 5.04. The van der Waals surface area contributed by atoms with Gasteiger partial charge >= 0.3 is 5.97 Å². The summed E-state index contributed by atoms with van der Waals surface area (Å²) in [5.74, 6) is -0.758. The molecule has 1 amide bonds. The Labute approximate surface area is 169 Å². The number of carbonyl (C=O) groups is 2. The van der Waals surface area contributed by atoms with Gasteiger partial charge in [-0.15, -0.1) is 0 Å². The lowest BCUT2D eigenvalue weighted by Gasteiger charge is -2.10. The van der Waals surface area contributed by atoms with E-state index in [4.69, 9.17) is 9.47 Å². The number of benzene rings is 1. The number of aromatic nitrogens is 1. The molecule has 29 heavy (non-hydrogen) atoms. The molecular weight excluding hydrogens is 370 g/mol. The smallest absolute Gasteiger partial charge is 0.325 e. The van der Waals surface area contributed by atoms with E-state index >= 15 is 0 Å². The van der Waals surface area contributed by atoms with Gasteiger partial charge < -0.3 is 19.4 Å². The highest BCUT2D eigenvalue weighted by atomic mass is 16.5. The highest BCUT2D eigenvalue weighted by Crippen LogP contribution is 2.28. The van der Waals surface area contributed by atoms with Gasteiger partial charge in [0.15, 0.2) is 0 Å². The molecule has 2 aromatic rings. The molecule has 0 aliphatic carbocycles. The highest BCUT2D eigenvalue weighted by molar-refractivity contribution is 6.04. The molecule has 1 aromatic carbocycles. The highest BCUT2D eigenvalue weighted by Gasteiger charge is 2.20. The maximum atomic E-state index is 12.5. The second kappa shape index (κ2) is 9.39. The van der Waals surface area contributed by atoms with Crippen LogP contribution in [0.2, 0.25) is 0 Å². The molecule has 1 unspecified atom stereocenters. The molecule has 1 aromatic heterocycles. The van der Waals surface area contributed by atoms with Crippen LogP contribution in [0.25, 0.3) is 17.0 Å². The van der Waals surface area contributed by atoms with Gasteiger partial charge in [-0.3, -0.25) is 9.59 Å². The van der Waals surface area contributed by atoms with Gasteiger partial charge in [0.2, 0.25) is 0 Å². The van der Waals surface area contributed by atoms with Gasteiger partial charge in [-0.2, -0.15) is 5.26 Å². The Bertz CT molecular complexity index is 978. The molecule has 0 bridgehead atoms. The molecule has 2 heterocycles. The minimum Gasteiger partial charge on any atom is -0.465 e. The van der Waals surface area contributed by atoms with Gasteiger partial charge in [-0.05, 0) is 38.8 Å². The number of fused-ring (bicyclic) bond motifs is 1. The van der Waals surface area contributed by atoms with Crippen molar-refractivity contribution in [3.05, 3.63) is 41.1 Å². The van der Waals surface area contributed by atoms with E-state index in [1.807, 2.05) is 41.8 Å². The zero-order chi connectivity index (χ0) is 20.8.